The maximum atomic E-state index is 12.8. The Morgan fingerprint density at radius 1 is 1.32 bits per heavy atom. The second kappa shape index (κ2) is 5.48. The molecule has 4 nitrogen and oxygen atoms in total. The molecule has 1 aromatic carbocycles. The van der Waals surface area contributed by atoms with Gasteiger partial charge in [0.25, 0.3) is 5.91 Å². The van der Waals surface area contributed by atoms with Crippen LogP contribution in [-0.4, -0.2) is 10.9 Å². The van der Waals surface area contributed by atoms with E-state index < -0.39 is 0 Å². The zero-order valence-electron chi connectivity index (χ0n) is 10.4. The highest BCUT2D eigenvalue weighted by Crippen LogP contribution is 2.13. The molecule has 0 saturated heterocycles. The maximum Gasteiger partial charge on any atom is 0.270 e. The fraction of sp³-hybridized carbons (Fsp3) is 0.143. The number of anilines is 1. The molecule has 0 aliphatic carbocycles. The molecule has 1 heterocycles. The Hall–Kier alpha value is -2.43. The van der Waals surface area contributed by atoms with Gasteiger partial charge in [-0.3, -0.25) is 9.78 Å². The van der Waals surface area contributed by atoms with Crippen LogP contribution >= 0.6 is 0 Å². The highest BCUT2D eigenvalue weighted by Gasteiger charge is 2.12. The molecule has 0 aliphatic rings. The van der Waals surface area contributed by atoms with Crippen LogP contribution in [0.25, 0.3) is 0 Å². The van der Waals surface area contributed by atoms with Gasteiger partial charge in [-0.05, 0) is 36.8 Å². The first kappa shape index (κ1) is 13.0. The van der Waals surface area contributed by atoms with Crippen LogP contribution < -0.4 is 11.1 Å². The first-order valence-corrected chi connectivity index (χ1v) is 5.84. The molecular formula is C14H14FN3O. The van der Waals surface area contributed by atoms with E-state index in [-0.39, 0.29) is 23.5 Å². The molecule has 3 N–H and O–H groups in total. The Kier molecular flexibility index (Phi) is 3.75. The molecule has 1 atom stereocenters. The quantitative estimate of drug-likeness (QED) is 0.888. The van der Waals surface area contributed by atoms with Crippen LogP contribution in [0.1, 0.15) is 29.0 Å². The van der Waals surface area contributed by atoms with E-state index in [0.717, 1.165) is 5.56 Å². The average molecular weight is 259 g/mol. The van der Waals surface area contributed by atoms with Crippen LogP contribution in [0, 0.1) is 5.82 Å². The highest BCUT2D eigenvalue weighted by molar-refractivity contribution is 5.93. The van der Waals surface area contributed by atoms with Gasteiger partial charge >= 0.3 is 0 Å². The van der Waals surface area contributed by atoms with Gasteiger partial charge in [-0.1, -0.05) is 12.1 Å². The largest absolute Gasteiger partial charge is 0.399 e. The molecule has 0 radical (unpaired) electrons. The van der Waals surface area contributed by atoms with Crippen LogP contribution in [0.2, 0.25) is 0 Å². The van der Waals surface area contributed by atoms with Crippen molar-refractivity contribution in [3.05, 3.63) is 59.7 Å². The molecule has 0 saturated carbocycles. The van der Waals surface area contributed by atoms with Crippen LogP contribution in [0.15, 0.2) is 42.6 Å². The van der Waals surface area contributed by atoms with Crippen LogP contribution in [-0.2, 0) is 0 Å². The van der Waals surface area contributed by atoms with Crippen molar-refractivity contribution in [2.45, 2.75) is 13.0 Å². The number of aromatic nitrogens is 1. The summed E-state index contributed by atoms with van der Waals surface area (Å²) < 4.78 is 12.8. The average Bonchev–Trinajstić information content (AvgIpc) is 2.39. The zero-order chi connectivity index (χ0) is 13.8. The first-order chi connectivity index (χ1) is 9.06. The van der Waals surface area contributed by atoms with Gasteiger partial charge < -0.3 is 11.1 Å². The van der Waals surface area contributed by atoms with Crippen molar-refractivity contribution in [2.24, 2.45) is 0 Å². The van der Waals surface area contributed by atoms with Crippen molar-refractivity contribution in [1.82, 2.24) is 10.3 Å². The maximum absolute atomic E-state index is 12.8. The normalized spacial score (nSPS) is 11.9. The van der Waals surface area contributed by atoms with Crippen molar-refractivity contribution in [1.29, 1.82) is 0 Å². The number of pyridine rings is 1. The SMILES string of the molecule is CC(NC(=O)c1cc(N)ccn1)c1ccc(F)cc1. The Bertz CT molecular complexity index is 583. The minimum atomic E-state index is -0.316. The molecule has 1 unspecified atom stereocenters. The number of nitrogens with one attached hydrogen (secondary N) is 1. The van der Waals surface area contributed by atoms with E-state index in [1.54, 1.807) is 18.2 Å². The van der Waals surface area contributed by atoms with E-state index in [2.05, 4.69) is 10.3 Å². The summed E-state index contributed by atoms with van der Waals surface area (Å²) in [6.07, 6.45) is 1.48. The molecule has 0 aliphatic heterocycles. The fourth-order valence-corrected chi connectivity index (χ4v) is 1.68. The smallest absolute Gasteiger partial charge is 0.270 e. The summed E-state index contributed by atoms with van der Waals surface area (Å²) >= 11 is 0. The number of nitrogens with two attached hydrogens (primary N) is 1. The lowest BCUT2D eigenvalue weighted by Gasteiger charge is -2.14. The minimum absolute atomic E-state index is 0.240. The zero-order valence-corrected chi connectivity index (χ0v) is 10.4. The number of nitrogen functional groups attached to an aromatic ring is 1. The summed E-state index contributed by atoms with van der Waals surface area (Å²) in [5.41, 5.74) is 7.15. The summed E-state index contributed by atoms with van der Waals surface area (Å²) in [7, 11) is 0. The molecule has 0 fully saturated rings. The third-order valence-corrected chi connectivity index (χ3v) is 2.73. The Labute approximate surface area is 110 Å². The molecule has 2 aromatic rings. The number of carbonyl (C=O) groups excluding carboxylic acids is 1. The van der Waals surface area contributed by atoms with E-state index in [4.69, 9.17) is 5.73 Å². The summed E-state index contributed by atoms with van der Waals surface area (Å²) in [5, 5.41) is 2.78. The van der Waals surface area contributed by atoms with Gasteiger partial charge in [0.2, 0.25) is 0 Å². The number of nitrogens with zero attached hydrogens (tertiary/aromatic N) is 1. The third kappa shape index (κ3) is 3.28. The van der Waals surface area contributed by atoms with Crippen LogP contribution in [0.5, 0.6) is 0 Å². The second-order valence-corrected chi connectivity index (χ2v) is 4.22. The van der Waals surface area contributed by atoms with Gasteiger partial charge in [0.1, 0.15) is 11.5 Å². The minimum Gasteiger partial charge on any atom is -0.399 e. The summed E-state index contributed by atoms with van der Waals surface area (Å²) in [4.78, 5) is 15.9. The molecule has 0 bridgehead atoms. The summed E-state index contributed by atoms with van der Waals surface area (Å²) in [6.45, 7) is 1.82. The molecule has 2 rings (SSSR count). The van der Waals surface area contributed by atoms with E-state index in [0.29, 0.717) is 5.69 Å². The predicted molar refractivity (Wildman–Crippen MR) is 70.9 cm³/mol. The van der Waals surface area contributed by atoms with Crippen molar-refractivity contribution in [3.8, 4) is 0 Å². The lowest BCUT2D eigenvalue weighted by atomic mass is 10.1. The Balaban J connectivity index is 2.08. The highest BCUT2D eigenvalue weighted by atomic mass is 19.1. The van der Waals surface area contributed by atoms with Crippen LogP contribution in [0.4, 0.5) is 10.1 Å². The molecular weight excluding hydrogens is 245 g/mol. The molecule has 98 valence electrons. The van der Waals surface area contributed by atoms with E-state index in [1.807, 2.05) is 6.92 Å². The lowest BCUT2D eigenvalue weighted by molar-refractivity contribution is 0.0935. The molecule has 19 heavy (non-hydrogen) atoms. The van der Waals surface area contributed by atoms with E-state index in [1.165, 1.54) is 24.4 Å². The van der Waals surface area contributed by atoms with Gasteiger partial charge in [0.05, 0.1) is 6.04 Å². The van der Waals surface area contributed by atoms with Gasteiger partial charge in [-0.2, -0.15) is 0 Å². The van der Waals surface area contributed by atoms with Crippen molar-refractivity contribution >= 4 is 11.6 Å². The van der Waals surface area contributed by atoms with Crippen LogP contribution in [0.3, 0.4) is 0 Å². The van der Waals surface area contributed by atoms with Gasteiger partial charge in [0, 0.05) is 11.9 Å². The number of benzene rings is 1. The standard InChI is InChI=1S/C14H14FN3O/c1-9(10-2-4-11(15)5-3-10)18-14(19)13-8-12(16)6-7-17-13/h2-9H,1H3,(H2,16,17)(H,18,19). The number of hydrogen-bond acceptors (Lipinski definition) is 3. The van der Waals surface area contributed by atoms with E-state index in [9.17, 15) is 9.18 Å². The number of hydrogen-bond donors (Lipinski definition) is 2. The lowest BCUT2D eigenvalue weighted by Crippen LogP contribution is -2.27. The van der Waals surface area contributed by atoms with Crippen molar-refractivity contribution in [3.63, 3.8) is 0 Å². The summed E-state index contributed by atoms with van der Waals surface area (Å²) in [6, 6.07) is 8.86. The Morgan fingerprint density at radius 2 is 2.00 bits per heavy atom. The number of rotatable bonds is 3. The molecule has 5 heteroatoms. The van der Waals surface area contributed by atoms with Crippen molar-refractivity contribution in [2.75, 3.05) is 5.73 Å². The molecule has 1 amide bonds. The number of amides is 1. The van der Waals surface area contributed by atoms with E-state index >= 15 is 0 Å². The van der Waals surface area contributed by atoms with Crippen molar-refractivity contribution < 1.29 is 9.18 Å². The number of halogens is 1. The first-order valence-electron chi connectivity index (χ1n) is 5.84. The fourth-order valence-electron chi connectivity index (χ4n) is 1.68. The van der Waals surface area contributed by atoms with Gasteiger partial charge in [0.15, 0.2) is 0 Å². The topological polar surface area (TPSA) is 68.0 Å². The third-order valence-electron chi connectivity index (χ3n) is 2.73. The summed E-state index contributed by atoms with van der Waals surface area (Å²) in [5.74, 6) is -0.621. The predicted octanol–water partition coefficient (Wildman–Crippen LogP) is 2.29. The van der Waals surface area contributed by atoms with Gasteiger partial charge in [-0.15, -0.1) is 0 Å². The monoisotopic (exact) mass is 259 g/mol. The Morgan fingerprint density at radius 3 is 2.63 bits per heavy atom. The molecule has 0 spiro atoms. The van der Waals surface area contributed by atoms with Gasteiger partial charge in [-0.25, -0.2) is 4.39 Å². The second-order valence-electron chi connectivity index (χ2n) is 4.22. The molecule has 1 aromatic heterocycles. The number of carbonyl (C=O) groups is 1.